The predicted octanol–water partition coefficient (Wildman–Crippen LogP) is 4.35. The highest BCUT2D eigenvalue weighted by Gasteiger charge is 2.28. The number of hydrogen-bond donors (Lipinski definition) is 1. The summed E-state index contributed by atoms with van der Waals surface area (Å²) in [5, 5.41) is 2.80. The first-order valence-electron chi connectivity index (χ1n) is 9.88. The van der Waals surface area contributed by atoms with Crippen LogP contribution in [0.4, 0.5) is 19.3 Å². The summed E-state index contributed by atoms with van der Waals surface area (Å²) >= 11 is 0.451. The van der Waals surface area contributed by atoms with Gasteiger partial charge in [-0.15, -0.1) is 0 Å². The maximum Gasteiger partial charge on any atom is 0.321 e. The van der Waals surface area contributed by atoms with Crippen LogP contribution in [0.1, 0.15) is 26.7 Å². The van der Waals surface area contributed by atoms with Gasteiger partial charge in [-0.05, 0) is 44.7 Å². The zero-order valence-corrected chi connectivity index (χ0v) is 17.3. The first-order valence-corrected chi connectivity index (χ1v) is 10.8. The number of piperidine rings is 1. The normalized spacial score (nSPS) is 24.5. The van der Waals surface area contributed by atoms with Crippen molar-refractivity contribution < 1.29 is 18.3 Å². The molecule has 5 nitrogen and oxygen atoms in total. The number of likely N-dealkylation sites (tertiary alicyclic amines) is 1. The lowest BCUT2D eigenvalue weighted by atomic mass is 9.96. The molecule has 2 fully saturated rings. The summed E-state index contributed by atoms with van der Waals surface area (Å²) in [5.74, 6) is -1.94. The summed E-state index contributed by atoms with van der Waals surface area (Å²) in [6.07, 6.45) is 2.45. The summed E-state index contributed by atoms with van der Waals surface area (Å²) in [6.45, 7) is 8.57. The number of anilines is 1. The van der Waals surface area contributed by atoms with Gasteiger partial charge >= 0.3 is 6.03 Å². The Morgan fingerprint density at radius 2 is 1.86 bits per heavy atom. The van der Waals surface area contributed by atoms with Crippen molar-refractivity contribution in [2.45, 2.75) is 49.6 Å². The number of carbonyl (C=O) groups is 1. The Morgan fingerprint density at radius 3 is 2.50 bits per heavy atom. The summed E-state index contributed by atoms with van der Waals surface area (Å²) in [5.41, 5.74) is 0.441. The molecule has 1 aromatic carbocycles. The molecule has 2 aliphatic heterocycles. The first kappa shape index (κ1) is 21.3. The zero-order valence-electron chi connectivity index (χ0n) is 16.4. The van der Waals surface area contributed by atoms with E-state index in [0.29, 0.717) is 41.4 Å². The highest BCUT2D eigenvalue weighted by molar-refractivity contribution is 7.99. The molecule has 8 heteroatoms. The zero-order chi connectivity index (χ0) is 20.1. The number of urea groups is 1. The molecule has 0 aliphatic carbocycles. The minimum Gasteiger partial charge on any atom is -0.373 e. The van der Waals surface area contributed by atoms with Gasteiger partial charge in [0.1, 0.15) is 0 Å². The molecule has 156 valence electrons. The van der Waals surface area contributed by atoms with E-state index in [0.717, 1.165) is 32.5 Å². The molecule has 28 heavy (non-hydrogen) atoms. The molecule has 0 radical (unpaired) electrons. The van der Waals surface area contributed by atoms with Crippen LogP contribution in [-0.4, -0.2) is 66.5 Å². The van der Waals surface area contributed by atoms with Gasteiger partial charge in [-0.2, -0.15) is 8.78 Å². The average Bonchev–Trinajstić information content (AvgIpc) is 2.62. The lowest BCUT2D eigenvalue weighted by molar-refractivity contribution is -0.0728. The number of thioether (sulfide) groups is 1. The Bertz CT molecular complexity index is 646. The van der Waals surface area contributed by atoms with Gasteiger partial charge in [0.05, 0.1) is 17.9 Å². The number of nitrogens with one attached hydrogen (secondary N) is 1. The minimum absolute atomic E-state index is 0.214. The van der Waals surface area contributed by atoms with Gasteiger partial charge in [0.15, 0.2) is 0 Å². The van der Waals surface area contributed by atoms with Gasteiger partial charge in [-0.1, -0.05) is 23.9 Å². The summed E-state index contributed by atoms with van der Waals surface area (Å²) in [4.78, 5) is 17.2. The van der Waals surface area contributed by atoms with E-state index in [-0.39, 0.29) is 18.2 Å². The van der Waals surface area contributed by atoms with Crippen molar-refractivity contribution in [2.75, 3.05) is 38.0 Å². The number of hydrogen-bond acceptors (Lipinski definition) is 4. The van der Waals surface area contributed by atoms with E-state index in [1.165, 1.54) is 0 Å². The molecule has 0 spiro atoms. The van der Waals surface area contributed by atoms with E-state index < -0.39 is 5.76 Å². The Labute approximate surface area is 169 Å². The third-order valence-electron chi connectivity index (χ3n) is 5.26. The fourth-order valence-corrected chi connectivity index (χ4v) is 4.68. The quantitative estimate of drug-likeness (QED) is 0.729. The second kappa shape index (κ2) is 9.89. The fourth-order valence-electron chi connectivity index (χ4n) is 4.08. The average molecular weight is 414 g/mol. The second-order valence-corrected chi connectivity index (χ2v) is 8.74. The molecule has 1 aromatic rings. The third kappa shape index (κ3) is 6.06. The number of para-hydroxylation sites is 1. The number of amides is 2. The molecule has 2 unspecified atom stereocenters. The lowest BCUT2D eigenvalue weighted by Crippen LogP contribution is -2.49. The molecule has 0 saturated carbocycles. The Hall–Kier alpha value is -1.38. The molecule has 1 N–H and O–H groups in total. The van der Waals surface area contributed by atoms with Crippen LogP contribution < -0.4 is 5.32 Å². The Balaban J connectivity index is 1.48. The van der Waals surface area contributed by atoms with Gasteiger partial charge in [0.2, 0.25) is 0 Å². The SMILES string of the molecule is CC1CN(CC2CCN(C(=O)Nc3ccccc3SC(F)F)CC2)CC(C)O1. The predicted molar refractivity (Wildman–Crippen MR) is 108 cm³/mol. The van der Waals surface area contributed by atoms with Crippen molar-refractivity contribution in [1.82, 2.24) is 9.80 Å². The largest absolute Gasteiger partial charge is 0.373 e. The van der Waals surface area contributed by atoms with E-state index in [9.17, 15) is 13.6 Å². The number of alkyl halides is 2. The highest BCUT2D eigenvalue weighted by Crippen LogP contribution is 2.32. The number of nitrogens with zero attached hydrogens (tertiary/aromatic N) is 2. The van der Waals surface area contributed by atoms with E-state index in [2.05, 4.69) is 24.1 Å². The molecule has 2 atom stereocenters. The summed E-state index contributed by atoms with van der Waals surface area (Å²) in [7, 11) is 0. The molecule has 2 aliphatic rings. The number of carbonyl (C=O) groups excluding carboxylic acids is 1. The molecular weight excluding hydrogens is 384 g/mol. The van der Waals surface area contributed by atoms with Crippen molar-refractivity contribution in [2.24, 2.45) is 5.92 Å². The molecule has 2 heterocycles. The standard InChI is InChI=1S/C20H29F2N3O2S/c1-14-11-24(12-15(2)27-14)13-16-7-9-25(10-8-16)20(26)23-17-5-3-4-6-18(17)28-19(21)22/h3-6,14-16,19H,7-13H2,1-2H3,(H,23,26). The topological polar surface area (TPSA) is 44.8 Å². The third-order valence-corrected chi connectivity index (χ3v) is 6.05. The number of rotatable bonds is 5. The van der Waals surface area contributed by atoms with Crippen LogP contribution in [0.2, 0.25) is 0 Å². The summed E-state index contributed by atoms with van der Waals surface area (Å²) < 4.78 is 31.2. The van der Waals surface area contributed by atoms with E-state index >= 15 is 0 Å². The van der Waals surface area contributed by atoms with Gasteiger partial charge < -0.3 is 15.0 Å². The second-order valence-electron chi connectivity index (χ2n) is 7.71. The van der Waals surface area contributed by atoms with Crippen molar-refractivity contribution in [3.63, 3.8) is 0 Å². The minimum atomic E-state index is -2.51. The van der Waals surface area contributed by atoms with Gasteiger partial charge in [-0.3, -0.25) is 4.90 Å². The maximum atomic E-state index is 12.7. The van der Waals surface area contributed by atoms with Crippen molar-refractivity contribution in [3.8, 4) is 0 Å². The van der Waals surface area contributed by atoms with Crippen LogP contribution in [0.3, 0.4) is 0 Å². The van der Waals surface area contributed by atoms with Crippen LogP contribution >= 0.6 is 11.8 Å². The van der Waals surface area contributed by atoms with E-state index in [1.54, 1.807) is 29.2 Å². The summed E-state index contributed by atoms with van der Waals surface area (Å²) in [6, 6.07) is 6.48. The Morgan fingerprint density at radius 1 is 1.21 bits per heavy atom. The van der Waals surface area contributed by atoms with Crippen molar-refractivity contribution in [1.29, 1.82) is 0 Å². The fraction of sp³-hybridized carbons (Fsp3) is 0.650. The smallest absolute Gasteiger partial charge is 0.321 e. The number of benzene rings is 1. The van der Waals surface area contributed by atoms with Gasteiger partial charge in [-0.25, -0.2) is 4.79 Å². The number of ether oxygens (including phenoxy) is 1. The molecule has 2 saturated heterocycles. The van der Waals surface area contributed by atoms with E-state index in [4.69, 9.17) is 4.74 Å². The maximum absolute atomic E-state index is 12.7. The van der Waals surface area contributed by atoms with Crippen LogP contribution in [-0.2, 0) is 4.74 Å². The van der Waals surface area contributed by atoms with Gasteiger partial charge in [0.25, 0.3) is 5.76 Å². The molecule has 3 rings (SSSR count). The van der Waals surface area contributed by atoms with Crippen molar-refractivity contribution >= 4 is 23.5 Å². The van der Waals surface area contributed by atoms with Crippen LogP contribution in [0.5, 0.6) is 0 Å². The van der Waals surface area contributed by atoms with Crippen LogP contribution in [0.25, 0.3) is 0 Å². The van der Waals surface area contributed by atoms with E-state index in [1.807, 2.05) is 0 Å². The first-order chi connectivity index (χ1) is 13.4. The number of morpholine rings is 1. The molecule has 0 bridgehead atoms. The lowest BCUT2D eigenvalue weighted by Gasteiger charge is -2.39. The van der Waals surface area contributed by atoms with Crippen LogP contribution in [0.15, 0.2) is 29.2 Å². The van der Waals surface area contributed by atoms with Crippen molar-refractivity contribution in [3.05, 3.63) is 24.3 Å². The molecule has 2 amide bonds. The monoisotopic (exact) mass is 413 g/mol. The number of halogens is 2. The molecule has 0 aromatic heterocycles. The van der Waals surface area contributed by atoms with Crippen LogP contribution in [0, 0.1) is 5.92 Å². The van der Waals surface area contributed by atoms with Gasteiger partial charge in [0, 0.05) is 37.6 Å². The highest BCUT2D eigenvalue weighted by atomic mass is 32.2. The molecular formula is C20H29F2N3O2S. The Kier molecular flexibility index (Phi) is 7.54.